The van der Waals surface area contributed by atoms with Crippen LogP contribution < -0.4 is 54.0 Å². The zero-order valence-electron chi connectivity index (χ0n) is 42.0. The van der Waals surface area contributed by atoms with Gasteiger partial charge in [0.25, 0.3) is 0 Å². The van der Waals surface area contributed by atoms with Gasteiger partial charge in [0.15, 0.2) is 0 Å². The summed E-state index contributed by atoms with van der Waals surface area (Å²) in [6.45, 7) is 3.52. The molecule has 416 valence electrons. The Morgan fingerprint density at radius 2 is 0.895 bits per heavy atom. The third-order valence-corrected chi connectivity index (χ3v) is 11.8. The van der Waals surface area contributed by atoms with Gasteiger partial charge < -0.3 is 79.5 Å². The van der Waals surface area contributed by atoms with Crippen LogP contribution >= 0.6 is 0 Å². The van der Waals surface area contributed by atoms with E-state index < -0.39 is 164 Å². The molecular weight excluding hydrogens is 1000 g/mol. The van der Waals surface area contributed by atoms with E-state index in [0.717, 1.165) is 0 Å². The molecule has 1 aliphatic heterocycles. The Morgan fingerprint density at radius 1 is 0.513 bits per heavy atom. The Balaban J connectivity index is 2.24. The van der Waals surface area contributed by atoms with Gasteiger partial charge in [-0.15, -0.1) is 0 Å². The molecule has 0 aromatic heterocycles. The van der Waals surface area contributed by atoms with Gasteiger partial charge in [0.05, 0.1) is 6.42 Å². The number of carbonyl (C=O) groups is 12. The molecule has 9 amide bonds. The van der Waals surface area contributed by atoms with Gasteiger partial charge in [0, 0.05) is 32.1 Å². The number of phenolic OH excluding ortho intramolecular Hbond substituents is 2. The van der Waals surface area contributed by atoms with E-state index in [1.54, 1.807) is 13.8 Å². The maximum atomic E-state index is 14.3. The molecular formula is C49H68N10O17. The van der Waals surface area contributed by atoms with Crippen LogP contribution in [0, 0.1) is 5.92 Å². The molecule has 0 saturated carbocycles. The molecule has 0 radical (unpaired) electrons. The molecule has 8 atom stereocenters. The Bertz CT molecular complexity index is 2400. The summed E-state index contributed by atoms with van der Waals surface area (Å²) in [4.78, 5) is 161. The van der Waals surface area contributed by atoms with Crippen LogP contribution in [0.2, 0.25) is 0 Å². The summed E-state index contributed by atoms with van der Waals surface area (Å²) in [5, 5.41) is 68.1. The predicted octanol–water partition coefficient (Wildman–Crippen LogP) is -2.58. The maximum Gasteiger partial charge on any atom is 0.305 e. The third-order valence-electron chi connectivity index (χ3n) is 11.8. The first-order chi connectivity index (χ1) is 35.8. The van der Waals surface area contributed by atoms with Crippen LogP contribution in [0.5, 0.6) is 11.5 Å². The summed E-state index contributed by atoms with van der Waals surface area (Å²) in [6, 6.07) is -2.67. The number of carboxylic acids is 3. The Labute approximate surface area is 436 Å². The number of carbonyl (C=O) groups excluding carboxylic acids is 9. The number of rotatable bonds is 19. The summed E-state index contributed by atoms with van der Waals surface area (Å²) in [6.07, 6.45) is -5.26. The zero-order chi connectivity index (χ0) is 56.6. The molecule has 27 nitrogen and oxygen atoms in total. The molecule has 17 N–H and O–H groups in total. The monoisotopic (exact) mass is 1070 g/mol. The summed E-state index contributed by atoms with van der Waals surface area (Å²) in [7, 11) is 0. The molecule has 8 unspecified atom stereocenters. The van der Waals surface area contributed by atoms with Gasteiger partial charge in [0.1, 0.15) is 59.8 Å². The lowest BCUT2D eigenvalue weighted by Gasteiger charge is -2.28. The van der Waals surface area contributed by atoms with Crippen molar-refractivity contribution in [3.8, 4) is 11.5 Å². The number of primary amides is 1. The fraction of sp³-hybridized carbons (Fsp3) is 0.510. The lowest BCUT2D eigenvalue weighted by molar-refractivity contribution is -0.142. The van der Waals surface area contributed by atoms with Crippen LogP contribution in [0.1, 0.15) is 95.6 Å². The first-order valence-electron chi connectivity index (χ1n) is 24.5. The van der Waals surface area contributed by atoms with E-state index in [1.807, 2.05) is 0 Å². The van der Waals surface area contributed by atoms with E-state index >= 15 is 0 Å². The number of unbranched alkanes of at least 4 members (excludes halogenated alkanes) is 1. The van der Waals surface area contributed by atoms with Gasteiger partial charge in [0.2, 0.25) is 53.2 Å². The van der Waals surface area contributed by atoms with Crippen LogP contribution in [0.15, 0.2) is 48.5 Å². The lowest BCUT2D eigenvalue weighted by Crippen LogP contribution is -2.61. The van der Waals surface area contributed by atoms with Crippen molar-refractivity contribution in [1.82, 2.24) is 42.5 Å². The summed E-state index contributed by atoms with van der Waals surface area (Å²) in [5.41, 5.74) is 12.0. The van der Waals surface area contributed by atoms with E-state index in [4.69, 9.17) is 11.5 Å². The molecule has 0 spiro atoms. The molecule has 0 bridgehead atoms. The van der Waals surface area contributed by atoms with Crippen molar-refractivity contribution in [3.05, 3.63) is 59.7 Å². The largest absolute Gasteiger partial charge is 0.508 e. The second-order valence-corrected chi connectivity index (χ2v) is 18.6. The lowest BCUT2D eigenvalue weighted by atomic mass is 10.00. The van der Waals surface area contributed by atoms with E-state index in [0.29, 0.717) is 17.5 Å². The van der Waals surface area contributed by atoms with Crippen LogP contribution in [0.25, 0.3) is 0 Å². The van der Waals surface area contributed by atoms with Crippen LogP contribution in [0.3, 0.4) is 0 Å². The van der Waals surface area contributed by atoms with Gasteiger partial charge in [-0.1, -0.05) is 38.1 Å². The summed E-state index contributed by atoms with van der Waals surface area (Å²) in [5.74, 6) is -14.9. The quantitative estimate of drug-likeness (QED) is 0.0643. The molecule has 1 aliphatic rings. The van der Waals surface area contributed by atoms with E-state index in [9.17, 15) is 83.1 Å². The predicted molar refractivity (Wildman–Crippen MR) is 266 cm³/mol. The van der Waals surface area contributed by atoms with Crippen LogP contribution in [-0.4, -0.2) is 151 Å². The van der Waals surface area contributed by atoms with Crippen molar-refractivity contribution in [2.24, 2.45) is 17.4 Å². The zero-order valence-corrected chi connectivity index (χ0v) is 42.0. The van der Waals surface area contributed by atoms with E-state index in [-0.39, 0.29) is 56.1 Å². The molecule has 76 heavy (non-hydrogen) atoms. The number of hydrogen-bond donors (Lipinski definition) is 15. The van der Waals surface area contributed by atoms with Crippen molar-refractivity contribution in [1.29, 1.82) is 0 Å². The second kappa shape index (κ2) is 30.7. The molecule has 2 aromatic carbocycles. The highest BCUT2D eigenvalue weighted by atomic mass is 16.4. The molecule has 0 aliphatic carbocycles. The molecule has 2 aromatic rings. The highest BCUT2D eigenvalue weighted by molar-refractivity contribution is 5.99. The standard InChI is InChI=1S/C49H68N10O17/c1-25(2)21-34-46(73)55-32(15-18-39(63)64)44(71)53-30(42(51)69)14-17-38(62)52-35(22-26-6-10-28(60)11-7-26)47(74)58-36(23-27-8-12-29(61)13-9-27)48(75)59-37(24-41(67)68)49(76)56-33(16-19-40(65)66)45(72)54-31(43(70)57-34)5-3-4-20-50/h6-13,25,30-37,60-61H,3-5,14-24,50H2,1-2H3,(H2,51,69)(H,52,62)(H,53,71)(H,54,72)(H,55,73)(H,56,76)(H,57,70)(H,58,74)(H,59,75)(H,63,64)(H,65,66)(H,67,68). The minimum Gasteiger partial charge on any atom is -0.508 e. The van der Waals surface area contributed by atoms with Gasteiger partial charge in [-0.25, -0.2) is 0 Å². The van der Waals surface area contributed by atoms with Crippen LogP contribution in [0.4, 0.5) is 0 Å². The first-order valence-corrected chi connectivity index (χ1v) is 24.5. The number of aromatic hydroxyl groups is 2. The number of amides is 9. The number of nitrogens with two attached hydrogens (primary N) is 2. The fourth-order valence-electron chi connectivity index (χ4n) is 7.81. The number of phenols is 2. The van der Waals surface area contributed by atoms with Crippen molar-refractivity contribution < 1.29 is 83.1 Å². The molecule has 27 heteroatoms. The van der Waals surface area contributed by atoms with Crippen molar-refractivity contribution in [2.45, 2.75) is 146 Å². The van der Waals surface area contributed by atoms with Gasteiger partial charge in [-0.2, -0.15) is 0 Å². The minimum absolute atomic E-state index is 0.0944. The number of benzene rings is 2. The number of nitrogens with one attached hydrogen (secondary N) is 8. The minimum atomic E-state index is -2.02. The van der Waals surface area contributed by atoms with E-state index in [2.05, 4.69) is 42.5 Å². The van der Waals surface area contributed by atoms with Crippen LogP contribution in [-0.2, 0) is 70.4 Å². The van der Waals surface area contributed by atoms with Crippen molar-refractivity contribution in [2.75, 3.05) is 6.54 Å². The normalized spacial score (nSPS) is 23.1. The Hall–Kier alpha value is -8.36. The molecule has 1 fully saturated rings. The smallest absolute Gasteiger partial charge is 0.305 e. The average molecular weight is 1070 g/mol. The van der Waals surface area contributed by atoms with Gasteiger partial charge in [-0.05, 0) is 92.8 Å². The average Bonchev–Trinajstić information content (AvgIpc) is 3.34. The molecule has 1 saturated heterocycles. The second-order valence-electron chi connectivity index (χ2n) is 18.6. The van der Waals surface area contributed by atoms with Gasteiger partial charge >= 0.3 is 17.9 Å². The number of aliphatic carboxylic acids is 3. The molecule has 1 heterocycles. The topological polar surface area (TPSA) is 454 Å². The Kier molecular flexibility index (Phi) is 25.1. The molecule has 3 rings (SSSR count). The fourth-order valence-corrected chi connectivity index (χ4v) is 7.81. The third kappa shape index (κ3) is 22.0. The summed E-state index contributed by atoms with van der Waals surface area (Å²) >= 11 is 0. The number of carboxylic acid groups (broad SMARTS) is 3. The SMILES string of the molecule is CC(C)CC1NC(=O)C(CCCCN)NC(=O)C(CCC(=O)O)NC(=O)C(CC(=O)O)NC(=O)C(Cc2ccc(O)cc2)NC(=O)C(Cc2ccc(O)cc2)NC(=O)CCC(C(N)=O)NC(=O)C(CCC(=O)O)NC1=O. The van der Waals surface area contributed by atoms with Crippen molar-refractivity contribution >= 4 is 71.1 Å². The first kappa shape index (κ1) is 61.9. The highest BCUT2D eigenvalue weighted by Crippen LogP contribution is 2.16. The Morgan fingerprint density at radius 3 is 1.33 bits per heavy atom. The highest BCUT2D eigenvalue weighted by Gasteiger charge is 2.36. The maximum absolute atomic E-state index is 14.3. The summed E-state index contributed by atoms with van der Waals surface area (Å²) < 4.78 is 0. The van der Waals surface area contributed by atoms with Crippen molar-refractivity contribution in [3.63, 3.8) is 0 Å². The van der Waals surface area contributed by atoms with E-state index in [1.165, 1.54) is 48.5 Å². The number of hydrogen-bond acceptors (Lipinski definition) is 15. The van der Waals surface area contributed by atoms with Gasteiger partial charge in [-0.3, -0.25) is 57.5 Å².